The second kappa shape index (κ2) is 15.7. The van der Waals surface area contributed by atoms with Crippen LogP contribution in [0.3, 0.4) is 0 Å². The summed E-state index contributed by atoms with van der Waals surface area (Å²) in [5, 5.41) is 4.79. The van der Waals surface area contributed by atoms with Crippen molar-refractivity contribution in [3.05, 3.63) is 53.6 Å². The normalized spacial score (nSPS) is 28.2. The number of allylic oxidation sites excluding steroid dienone is 1. The van der Waals surface area contributed by atoms with E-state index in [1.165, 1.54) is 11.0 Å². The van der Waals surface area contributed by atoms with E-state index in [0.717, 1.165) is 42.4 Å². The van der Waals surface area contributed by atoms with Crippen LogP contribution in [0.2, 0.25) is 0 Å². The Kier molecular flexibility index (Phi) is 11.3. The monoisotopic (exact) mass is 739 g/mol. The van der Waals surface area contributed by atoms with Crippen LogP contribution < -0.4 is 15.4 Å². The zero-order chi connectivity index (χ0) is 37.0. The number of alkyl carbamates (subject to hydrolysis) is 1. The number of rotatable bonds is 9. The minimum Gasteiger partial charge on any atom is -0.450 e. The summed E-state index contributed by atoms with van der Waals surface area (Å²) in [6.07, 6.45) is 9.28. The highest BCUT2D eigenvalue weighted by atomic mass is 32.2. The first-order chi connectivity index (χ1) is 25.0. The van der Waals surface area contributed by atoms with Crippen LogP contribution in [0.4, 0.5) is 9.59 Å². The van der Waals surface area contributed by atoms with E-state index in [0.29, 0.717) is 38.8 Å². The van der Waals surface area contributed by atoms with Crippen molar-refractivity contribution < 1.29 is 41.9 Å². The van der Waals surface area contributed by atoms with Gasteiger partial charge in [0.1, 0.15) is 23.7 Å². The highest BCUT2D eigenvalue weighted by molar-refractivity contribution is 7.91. The SMILES string of the molecule is C=C[C@@H]1C[C@]1(NC(=O)[C@@H]1C[C@@H]2CN1C(=O)[C@H](CCCC)NC(=O)OCCCCCC=Cc1cccc3c1CN(C3)C(=O)O2)C(=O)NS(=O)(=O)C1CC1. The second-order valence-corrected chi connectivity index (χ2v) is 16.5. The van der Waals surface area contributed by atoms with Crippen molar-refractivity contribution in [2.75, 3.05) is 13.2 Å². The van der Waals surface area contributed by atoms with Crippen LogP contribution in [0.1, 0.15) is 94.2 Å². The largest absolute Gasteiger partial charge is 0.450 e. The number of fused-ring (bicyclic) bond motifs is 3. The van der Waals surface area contributed by atoms with Crippen LogP contribution in [0.25, 0.3) is 6.08 Å². The number of cyclic esters (lactones) is 1. The van der Waals surface area contributed by atoms with Gasteiger partial charge in [-0.3, -0.25) is 24.0 Å². The second-order valence-electron chi connectivity index (χ2n) is 14.5. The highest BCUT2D eigenvalue weighted by Crippen LogP contribution is 2.45. The molecule has 2 saturated carbocycles. The molecule has 3 aliphatic heterocycles. The Morgan fingerprint density at radius 1 is 1.13 bits per heavy atom. The summed E-state index contributed by atoms with van der Waals surface area (Å²) in [7, 11) is -3.90. The van der Waals surface area contributed by atoms with Crippen LogP contribution in [0.15, 0.2) is 36.9 Å². The van der Waals surface area contributed by atoms with Gasteiger partial charge in [0.15, 0.2) is 0 Å². The molecule has 14 nitrogen and oxygen atoms in total. The van der Waals surface area contributed by atoms with Crippen molar-refractivity contribution in [1.82, 2.24) is 25.2 Å². The Hall–Kier alpha value is -4.40. The van der Waals surface area contributed by atoms with Crippen LogP contribution in [0.5, 0.6) is 0 Å². The zero-order valence-corrected chi connectivity index (χ0v) is 30.5. The summed E-state index contributed by atoms with van der Waals surface area (Å²) < 4.78 is 38.8. The summed E-state index contributed by atoms with van der Waals surface area (Å²) in [5.41, 5.74) is 1.51. The Labute approximate surface area is 304 Å². The number of amides is 5. The predicted molar refractivity (Wildman–Crippen MR) is 191 cm³/mol. The van der Waals surface area contributed by atoms with Crippen molar-refractivity contribution in [3.8, 4) is 0 Å². The summed E-state index contributed by atoms with van der Waals surface area (Å²) in [4.78, 5) is 71.1. The van der Waals surface area contributed by atoms with Gasteiger partial charge in [-0.2, -0.15) is 0 Å². The molecule has 0 spiro atoms. The number of sulfonamides is 1. The Morgan fingerprint density at radius 3 is 2.67 bits per heavy atom. The maximum atomic E-state index is 14.2. The van der Waals surface area contributed by atoms with E-state index in [1.807, 2.05) is 25.1 Å². The van der Waals surface area contributed by atoms with Gasteiger partial charge in [-0.15, -0.1) is 6.58 Å². The van der Waals surface area contributed by atoms with Crippen molar-refractivity contribution >= 4 is 46.0 Å². The fraction of sp³-hybridized carbons (Fsp3) is 0.595. The van der Waals surface area contributed by atoms with E-state index in [4.69, 9.17) is 9.47 Å². The number of nitrogens with zero attached hydrogens (tertiary/aromatic N) is 2. The predicted octanol–water partition coefficient (Wildman–Crippen LogP) is 3.65. The molecule has 15 heteroatoms. The Bertz CT molecular complexity index is 1730. The van der Waals surface area contributed by atoms with Crippen LogP contribution >= 0.6 is 0 Å². The maximum absolute atomic E-state index is 14.2. The molecule has 3 fully saturated rings. The van der Waals surface area contributed by atoms with Gasteiger partial charge in [-0.1, -0.05) is 56.2 Å². The van der Waals surface area contributed by atoms with Crippen molar-refractivity contribution in [2.45, 2.75) is 120 Å². The first kappa shape index (κ1) is 37.4. The molecular formula is C37H49N5O9S. The summed E-state index contributed by atoms with van der Waals surface area (Å²) >= 11 is 0. The summed E-state index contributed by atoms with van der Waals surface area (Å²) in [6.45, 7) is 6.46. The number of hydrogen-bond acceptors (Lipinski definition) is 9. The standard InChI is InChI=1S/C37H49N5O9S/c1-3-5-15-30-33(44)42-22-27(19-31(42)32(43)39-37(20-26(37)4-2)34(45)40-52(48,49)28-16-17-28)51-36(47)41-21-25-14-11-13-24(29(25)23-41)12-9-7-6-8-10-18-50-35(46)38-30/h4,9,11-14,26-28,30-31H,2-3,5-8,10,15-23H2,1H3,(H,38,46)(H,39,43)(H,40,45)/t26-,27-,30+,31+,37-/m1/s1. The van der Waals surface area contributed by atoms with Gasteiger partial charge in [0.25, 0.3) is 5.91 Å². The third kappa shape index (κ3) is 8.29. The number of benzene rings is 1. The molecule has 0 unspecified atom stereocenters. The topological polar surface area (TPSA) is 181 Å². The molecule has 5 amide bonds. The number of carbonyl (C=O) groups is 5. The summed E-state index contributed by atoms with van der Waals surface area (Å²) in [5.74, 6) is -2.64. The quantitative estimate of drug-likeness (QED) is 0.319. The van der Waals surface area contributed by atoms with Crippen molar-refractivity contribution in [2.24, 2.45) is 5.92 Å². The van der Waals surface area contributed by atoms with Gasteiger partial charge in [0.05, 0.1) is 24.9 Å². The first-order valence-electron chi connectivity index (χ1n) is 18.4. The van der Waals surface area contributed by atoms with Crippen molar-refractivity contribution in [3.63, 3.8) is 0 Å². The number of carbonyl (C=O) groups excluding carboxylic acids is 5. The van der Waals surface area contributed by atoms with Crippen molar-refractivity contribution in [1.29, 1.82) is 0 Å². The molecule has 1 aromatic carbocycles. The van der Waals surface area contributed by atoms with Gasteiger partial charge < -0.3 is 25.0 Å². The lowest BCUT2D eigenvalue weighted by atomic mass is 10.0. The molecule has 0 aromatic heterocycles. The molecule has 3 N–H and O–H groups in total. The number of nitrogens with one attached hydrogen (secondary N) is 3. The molecule has 52 heavy (non-hydrogen) atoms. The fourth-order valence-corrected chi connectivity index (χ4v) is 8.67. The lowest BCUT2D eigenvalue weighted by Gasteiger charge is -2.29. The van der Waals surface area contributed by atoms with E-state index in [2.05, 4.69) is 34.1 Å². The molecule has 6 rings (SSSR count). The Morgan fingerprint density at radius 2 is 1.94 bits per heavy atom. The van der Waals surface area contributed by atoms with E-state index in [1.54, 1.807) is 4.90 Å². The third-order valence-electron chi connectivity index (χ3n) is 10.6. The Balaban J connectivity index is 1.25. The van der Waals surface area contributed by atoms with Gasteiger partial charge in [-0.25, -0.2) is 18.0 Å². The smallest absolute Gasteiger partial charge is 0.410 e. The molecule has 5 atom stereocenters. The van der Waals surface area contributed by atoms with Crippen LogP contribution in [-0.4, -0.2) is 90.3 Å². The van der Waals surface area contributed by atoms with E-state index < -0.39 is 74.8 Å². The third-order valence-corrected chi connectivity index (χ3v) is 12.4. The van der Waals surface area contributed by atoms with Gasteiger partial charge in [0.2, 0.25) is 21.8 Å². The number of unbranched alkanes of at least 4 members (excludes halogenated alkanes) is 1. The van der Waals surface area contributed by atoms with Gasteiger partial charge in [0, 0.05) is 18.9 Å². The molecule has 0 radical (unpaired) electrons. The first-order valence-corrected chi connectivity index (χ1v) is 20.0. The number of hydrogen-bond donors (Lipinski definition) is 3. The molecule has 4 bridgehead atoms. The molecule has 282 valence electrons. The van der Waals surface area contributed by atoms with Crippen LogP contribution in [0, 0.1) is 5.92 Å². The minimum absolute atomic E-state index is 0.0696. The molecule has 1 saturated heterocycles. The van der Waals surface area contributed by atoms with Gasteiger partial charge >= 0.3 is 12.2 Å². The number of ether oxygens (including phenoxy) is 2. The molecule has 5 aliphatic rings. The van der Waals surface area contributed by atoms with Crippen LogP contribution in [-0.2, 0) is 47.0 Å². The molecular weight excluding hydrogens is 691 g/mol. The van der Waals surface area contributed by atoms with E-state index >= 15 is 0 Å². The molecule has 1 aromatic rings. The van der Waals surface area contributed by atoms with E-state index in [9.17, 15) is 32.4 Å². The lowest BCUT2D eigenvalue weighted by Crippen LogP contribution is -2.58. The lowest BCUT2D eigenvalue weighted by molar-refractivity contribution is -0.141. The van der Waals surface area contributed by atoms with Gasteiger partial charge in [-0.05, 0) is 68.1 Å². The fourth-order valence-electron chi connectivity index (χ4n) is 7.31. The zero-order valence-electron chi connectivity index (χ0n) is 29.6. The minimum atomic E-state index is -3.90. The maximum Gasteiger partial charge on any atom is 0.410 e. The summed E-state index contributed by atoms with van der Waals surface area (Å²) in [6, 6.07) is 3.74. The molecule has 2 aliphatic carbocycles. The highest BCUT2D eigenvalue weighted by Gasteiger charge is 2.62. The average molecular weight is 740 g/mol. The average Bonchev–Trinajstić information content (AvgIpc) is 4.01. The van der Waals surface area contributed by atoms with E-state index in [-0.39, 0.29) is 32.4 Å². The molecule has 3 heterocycles.